The van der Waals surface area contributed by atoms with E-state index in [1.807, 2.05) is 36.8 Å². The van der Waals surface area contributed by atoms with Gasteiger partial charge in [-0.2, -0.15) is 0 Å². The van der Waals surface area contributed by atoms with Crippen molar-refractivity contribution in [1.29, 1.82) is 0 Å². The van der Waals surface area contributed by atoms with E-state index in [2.05, 4.69) is 34.8 Å². The number of hydrogen-bond acceptors (Lipinski definition) is 4. The molecule has 3 aromatic rings. The molecular formula is C17H19N3OS. The molecule has 3 rings (SSSR count). The molecule has 1 N–H and O–H groups in total. The van der Waals surface area contributed by atoms with Crippen molar-refractivity contribution in [3.05, 3.63) is 62.3 Å². The lowest BCUT2D eigenvalue weighted by atomic mass is 10.1. The lowest BCUT2D eigenvalue weighted by molar-refractivity contribution is 0.251. The molecule has 2 heterocycles. The van der Waals surface area contributed by atoms with Crippen LogP contribution in [0.15, 0.2) is 40.6 Å². The maximum Gasteiger partial charge on any atom is 0.252 e. The van der Waals surface area contributed by atoms with Gasteiger partial charge in [-0.25, -0.2) is 4.98 Å². The first-order valence-corrected chi connectivity index (χ1v) is 8.15. The van der Waals surface area contributed by atoms with E-state index >= 15 is 0 Å². The number of aromatic nitrogens is 2. The van der Waals surface area contributed by atoms with Crippen molar-refractivity contribution in [2.24, 2.45) is 0 Å². The van der Waals surface area contributed by atoms with Crippen molar-refractivity contribution in [2.45, 2.75) is 26.4 Å². The Morgan fingerprint density at radius 2 is 2.18 bits per heavy atom. The van der Waals surface area contributed by atoms with Gasteiger partial charge in [0.15, 0.2) is 0 Å². The molecule has 5 heteroatoms. The van der Waals surface area contributed by atoms with Crippen LogP contribution in [0.3, 0.4) is 0 Å². The summed E-state index contributed by atoms with van der Waals surface area (Å²) in [5, 5.41) is 4.12. The molecule has 0 spiro atoms. The van der Waals surface area contributed by atoms with E-state index in [1.54, 1.807) is 11.3 Å². The minimum Gasteiger partial charge on any atom is -0.322 e. The SMILES string of the molecule is Cc1ccc2[nH]c(=O)c(CN(C)C(C)c3nccs3)cc2c1. The first kappa shape index (κ1) is 14.9. The highest BCUT2D eigenvalue weighted by Gasteiger charge is 2.15. The van der Waals surface area contributed by atoms with E-state index in [-0.39, 0.29) is 11.6 Å². The summed E-state index contributed by atoms with van der Waals surface area (Å²) < 4.78 is 0. The predicted molar refractivity (Wildman–Crippen MR) is 91.3 cm³/mol. The van der Waals surface area contributed by atoms with E-state index in [4.69, 9.17) is 0 Å². The number of nitrogens with one attached hydrogen (secondary N) is 1. The van der Waals surface area contributed by atoms with Gasteiger partial charge < -0.3 is 4.98 Å². The van der Waals surface area contributed by atoms with Gasteiger partial charge in [0, 0.05) is 29.2 Å². The molecule has 0 amide bonds. The zero-order chi connectivity index (χ0) is 15.7. The van der Waals surface area contributed by atoms with Crippen molar-refractivity contribution in [3.8, 4) is 0 Å². The first-order chi connectivity index (χ1) is 10.5. The topological polar surface area (TPSA) is 49.0 Å². The van der Waals surface area contributed by atoms with Crippen LogP contribution in [0.2, 0.25) is 0 Å². The average molecular weight is 313 g/mol. The molecule has 1 unspecified atom stereocenters. The summed E-state index contributed by atoms with van der Waals surface area (Å²) in [6.45, 7) is 4.76. The molecule has 22 heavy (non-hydrogen) atoms. The van der Waals surface area contributed by atoms with Gasteiger partial charge in [0.25, 0.3) is 5.56 Å². The molecule has 0 saturated carbocycles. The molecular weight excluding hydrogens is 294 g/mol. The zero-order valence-corrected chi connectivity index (χ0v) is 13.8. The van der Waals surface area contributed by atoms with Crippen LogP contribution in [0.25, 0.3) is 10.9 Å². The molecule has 0 aliphatic heterocycles. The number of rotatable bonds is 4. The van der Waals surface area contributed by atoms with E-state index in [1.165, 1.54) is 5.56 Å². The number of thiazole rings is 1. The monoisotopic (exact) mass is 313 g/mol. The van der Waals surface area contributed by atoms with E-state index < -0.39 is 0 Å². The maximum atomic E-state index is 12.3. The number of fused-ring (bicyclic) bond motifs is 1. The first-order valence-electron chi connectivity index (χ1n) is 7.27. The van der Waals surface area contributed by atoms with Crippen LogP contribution in [0.5, 0.6) is 0 Å². The fraction of sp³-hybridized carbons (Fsp3) is 0.294. The van der Waals surface area contributed by atoms with Crippen molar-refractivity contribution in [1.82, 2.24) is 14.9 Å². The molecule has 0 bridgehead atoms. The molecule has 0 saturated heterocycles. The second-order valence-corrected chi connectivity index (χ2v) is 6.60. The summed E-state index contributed by atoms with van der Waals surface area (Å²) in [4.78, 5) is 21.7. The zero-order valence-electron chi connectivity index (χ0n) is 13.0. The van der Waals surface area contributed by atoms with Crippen LogP contribution in [0.1, 0.15) is 29.1 Å². The second kappa shape index (κ2) is 6.02. The fourth-order valence-corrected chi connectivity index (χ4v) is 3.28. The Morgan fingerprint density at radius 3 is 2.91 bits per heavy atom. The Balaban J connectivity index is 1.90. The van der Waals surface area contributed by atoms with Crippen molar-refractivity contribution in [3.63, 3.8) is 0 Å². The minimum atomic E-state index is -0.0189. The van der Waals surface area contributed by atoms with Gasteiger partial charge in [-0.1, -0.05) is 11.6 Å². The minimum absolute atomic E-state index is 0.0189. The molecule has 0 radical (unpaired) electrons. The van der Waals surface area contributed by atoms with Crippen LogP contribution < -0.4 is 5.56 Å². The van der Waals surface area contributed by atoms with Crippen LogP contribution >= 0.6 is 11.3 Å². The van der Waals surface area contributed by atoms with E-state index in [0.717, 1.165) is 21.5 Å². The standard InChI is InChI=1S/C17H19N3OS/c1-11-4-5-15-13(8-11)9-14(16(21)19-15)10-20(3)12(2)17-18-6-7-22-17/h4-9,12H,10H2,1-3H3,(H,19,21). The summed E-state index contributed by atoms with van der Waals surface area (Å²) in [7, 11) is 2.02. The number of aromatic amines is 1. The average Bonchev–Trinajstić information content (AvgIpc) is 3.02. The maximum absolute atomic E-state index is 12.3. The molecule has 1 atom stereocenters. The third kappa shape index (κ3) is 2.96. The van der Waals surface area contributed by atoms with E-state index in [9.17, 15) is 4.79 Å². The number of H-pyrrole nitrogens is 1. The highest BCUT2D eigenvalue weighted by atomic mass is 32.1. The van der Waals surface area contributed by atoms with Crippen LogP contribution in [-0.4, -0.2) is 21.9 Å². The number of aryl methyl sites for hydroxylation is 1. The Labute approximate surface area is 133 Å². The van der Waals surface area contributed by atoms with Gasteiger partial charge in [-0.15, -0.1) is 11.3 Å². The highest BCUT2D eigenvalue weighted by Crippen LogP contribution is 2.22. The number of pyridine rings is 1. The second-order valence-electron chi connectivity index (χ2n) is 5.68. The van der Waals surface area contributed by atoms with Crippen molar-refractivity contribution >= 4 is 22.2 Å². The lowest BCUT2D eigenvalue weighted by Gasteiger charge is -2.22. The summed E-state index contributed by atoms with van der Waals surface area (Å²) >= 11 is 1.64. The lowest BCUT2D eigenvalue weighted by Crippen LogP contribution is -2.26. The molecule has 0 aliphatic carbocycles. The van der Waals surface area contributed by atoms with Gasteiger partial charge in [-0.05, 0) is 44.5 Å². The number of hydrogen-bond donors (Lipinski definition) is 1. The third-order valence-corrected chi connectivity index (χ3v) is 4.91. The van der Waals surface area contributed by atoms with Gasteiger partial charge in [0.1, 0.15) is 5.01 Å². The van der Waals surface area contributed by atoms with Crippen molar-refractivity contribution < 1.29 is 0 Å². The molecule has 114 valence electrons. The largest absolute Gasteiger partial charge is 0.322 e. The van der Waals surface area contributed by atoms with Crippen LogP contribution in [0.4, 0.5) is 0 Å². The fourth-order valence-electron chi connectivity index (χ4n) is 2.52. The number of nitrogens with zero attached hydrogens (tertiary/aromatic N) is 2. The summed E-state index contributed by atoms with van der Waals surface area (Å²) in [6.07, 6.45) is 1.82. The molecule has 4 nitrogen and oxygen atoms in total. The Kier molecular flexibility index (Phi) is 4.09. The van der Waals surface area contributed by atoms with Gasteiger partial charge in [0.05, 0.1) is 6.04 Å². The van der Waals surface area contributed by atoms with Gasteiger partial charge in [-0.3, -0.25) is 9.69 Å². The smallest absolute Gasteiger partial charge is 0.252 e. The van der Waals surface area contributed by atoms with E-state index in [0.29, 0.717) is 6.54 Å². The van der Waals surface area contributed by atoms with Crippen LogP contribution in [-0.2, 0) is 6.54 Å². The molecule has 1 aromatic carbocycles. The Morgan fingerprint density at radius 1 is 1.36 bits per heavy atom. The Hall–Kier alpha value is -1.98. The number of benzene rings is 1. The van der Waals surface area contributed by atoms with Crippen LogP contribution in [0, 0.1) is 6.92 Å². The highest BCUT2D eigenvalue weighted by molar-refractivity contribution is 7.09. The summed E-state index contributed by atoms with van der Waals surface area (Å²) in [5.74, 6) is 0. The van der Waals surface area contributed by atoms with Crippen molar-refractivity contribution in [2.75, 3.05) is 7.05 Å². The third-order valence-electron chi connectivity index (χ3n) is 3.97. The molecule has 2 aromatic heterocycles. The summed E-state index contributed by atoms with van der Waals surface area (Å²) in [5.41, 5.74) is 2.84. The normalized spacial score (nSPS) is 12.9. The summed E-state index contributed by atoms with van der Waals surface area (Å²) in [6, 6.07) is 8.24. The Bertz CT molecular complexity index is 839. The molecule has 0 fully saturated rings. The quantitative estimate of drug-likeness (QED) is 0.802. The van der Waals surface area contributed by atoms with Gasteiger partial charge >= 0.3 is 0 Å². The van der Waals surface area contributed by atoms with Gasteiger partial charge in [0.2, 0.25) is 0 Å². The molecule has 0 aliphatic rings. The predicted octanol–water partition coefficient (Wildman–Crippen LogP) is 3.49.